The first-order valence-corrected chi connectivity index (χ1v) is 5.88. The smallest absolute Gasteiger partial charge is 0.241 e. The largest absolute Gasteiger partial charge is 0.322 e. The van der Waals surface area contributed by atoms with Crippen LogP contribution >= 0.6 is 0 Å². The number of hydrogen-bond donors (Lipinski definition) is 2. The Hall–Kier alpha value is -1.49. The molecule has 0 aromatic heterocycles. The lowest BCUT2D eigenvalue weighted by atomic mass is 9.99. The molecule has 1 amide bonds. The van der Waals surface area contributed by atoms with Crippen molar-refractivity contribution >= 4 is 11.6 Å². The van der Waals surface area contributed by atoms with Crippen LogP contribution < -0.4 is 11.1 Å². The third-order valence-electron chi connectivity index (χ3n) is 3.07. The van der Waals surface area contributed by atoms with Gasteiger partial charge in [-0.05, 0) is 24.5 Å². The fraction of sp³-hybridized carbons (Fsp3) is 0.462. The molecule has 100 valence electrons. The Bertz CT molecular complexity index is 449. The molecule has 0 aliphatic heterocycles. The number of anilines is 1. The van der Waals surface area contributed by atoms with Gasteiger partial charge in [-0.3, -0.25) is 4.79 Å². The van der Waals surface area contributed by atoms with Crippen molar-refractivity contribution in [1.82, 2.24) is 0 Å². The first-order valence-electron chi connectivity index (χ1n) is 5.88. The van der Waals surface area contributed by atoms with E-state index in [-0.39, 0.29) is 17.2 Å². The van der Waals surface area contributed by atoms with Crippen LogP contribution in [-0.2, 0) is 4.79 Å². The molecule has 0 bridgehead atoms. The molecule has 1 aromatic carbocycles. The van der Waals surface area contributed by atoms with Gasteiger partial charge in [-0.1, -0.05) is 20.3 Å². The number of carbonyl (C=O) groups excluding carboxylic acids is 1. The van der Waals surface area contributed by atoms with Gasteiger partial charge in [-0.25, -0.2) is 8.78 Å². The van der Waals surface area contributed by atoms with E-state index in [1.54, 1.807) is 0 Å². The summed E-state index contributed by atoms with van der Waals surface area (Å²) in [5.74, 6) is -1.77. The first-order chi connectivity index (χ1) is 8.36. The zero-order valence-corrected chi connectivity index (χ0v) is 10.8. The molecule has 2 atom stereocenters. The van der Waals surface area contributed by atoms with Crippen LogP contribution in [0, 0.1) is 24.5 Å². The Kier molecular flexibility index (Phi) is 4.78. The van der Waals surface area contributed by atoms with Crippen molar-refractivity contribution in [1.29, 1.82) is 0 Å². The Labute approximate surface area is 105 Å². The van der Waals surface area contributed by atoms with Gasteiger partial charge in [0.1, 0.15) is 11.6 Å². The van der Waals surface area contributed by atoms with Gasteiger partial charge in [-0.15, -0.1) is 0 Å². The molecule has 2 unspecified atom stereocenters. The van der Waals surface area contributed by atoms with Crippen LogP contribution in [0.1, 0.15) is 25.8 Å². The normalized spacial score (nSPS) is 14.1. The maximum atomic E-state index is 13.5. The van der Waals surface area contributed by atoms with Crippen LogP contribution in [0.15, 0.2) is 12.1 Å². The fourth-order valence-corrected chi connectivity index (χ4v) is 1.47. The predicted octanol–water partition coefficient (Wildman–Crippen LogP) is 2.59. The molecule has 0 radical (unpaired) electrons. The molecule has 3 nitrogen and oxygen atoms in total. The van der Waals surface area contributed by atoms with Crippen molar-refractivity contribution in [2.24, 2.45) is 11.7 Å². The topological polar surface area (TPSA) is 55.1 Å². The van der Waals surface area contributed by atoms with Gasteiger partial charge in [0.2, 0.25) is 5.91 Å². The van der Waals surface area contributed by atoms with E-state index >= 15 is 0 Å². The number of hydrogen-bond acceptors (Lipinski definition) is 2. The minimum absolute atomic E-state index is 0.0247. The van der Waals surface area contributed by atoms with E-state index in [9.17, 15) is 13.6 Å². The van der Waals surface area contributed by atoms with Crippen LogP contribution in [0.3, 0.4) is 0 Å². The van der Waals surface area contributed by atoms with E-state index in [1.807, 2.05) is 13.8 Å². The van der Waals surface area contributed by atoms with Gasteiger partial charge in [0, 0.05) is 6.07 Å². The number of carbonyl (C=O) groups is 1. The summed E-state index contributed by atoms with van der Waals surface area (Å²) in [7, 11) is 0. The Morgan fingerprint density at radius 1 is 1.39 bits per heavy atom. The van der Waals surface area contributed by atoms with Gasteiger partial charge >= 0.3 is 0 Å². The average molecular weight is 256 g/mol. The average Bonchev–Trinajstić information content (AvgIpc) is 2.33. The Balaban J connectivity index is 2.85. The molecule has 1 rings (SSSR count). The summed E-state index contributed by atoms with van der Waals surface area (Å²) in [5, 5.41) is 2.31. The highest BCUT2D eigenvalue weighted by Gasteiger charge is 2.20. The second-order valence-corrected chi connectivity index (χ2v) is 4.48. The Morgan fingerprint density at radius 2 is 2.00 bits per heavy atom. The molecule has 18 heavy (non-hydrogen) atoms. The van der Waals surface area contributed by atoms with Crippen molar-refractivity contribution in [3.63, 3.8) is 0 Å². The minimum atomic E-state index is -0.737. The van der Waals surface area contributed by atoms with E-state index in [4.69, 9.17) is 5.73 Å². The molecule has 0 fully saturated rings. The summed E-state index contributed by atoms with van der Waals surface area (Å²) in [5.41, 5.74) is 5.72. The quantitative estimate of drug-likeness (QED) is 0.870. The number of aryl methyl sites for hydroxylation is 1. The number of benzene rings is 1. The number of nitrogens with one attached hydrogen (secondary N) is 1. The first kappa shape index (κ1) is 14.6. The summed E-state index contributed by atoms with van der Waals surface area (Å²) >= 11 is 0. The standard InChI is InChI=1S/C13H18F2N2O/c1-4-7(2)12(16)13(18)17-11-6-9(14)8(3)5-10(11)15/h5-7,12H,4,16H2,1-3H3,(H,17,18). The third-order valence-corrected chi connectivity index (χ3v) is 3.07. The third kappa shape index (κ3) is 3.26. The van der Waals surface area contributed by atoms with E-state index in [0.29, 0.717) is 0 Å². The molecular weight excluding hydrogens is 238 g/mol. The highest BCUT2D eigenvalue weighted by Crippen LogP contribution is 2.19. The summed E-state index contributed by atoms with van der Waals surface area (Å²) in [4.78, 5) is 11.7. The lowest BCUT2D eigenvalue weighted by Crippen LogP contribution is -2.40. The number of nitrogens with two attached hydrogens (primary N) is 1. The van der Waals surface area contributed by atoms with Crippen LogP contribution in [-0.4, -0.2) is 11.9 Å². The molecule has 1 aromatic rings. The number of halogens is 2. The maximum Gasteiger partial charge on any atom is 0.241 e. The Morgan fingerprint density at radius 3 is 2.56 bits per heavy atom. The van der Waals surface area contributed by atoms with Gasteiger partial charge < -0.3 is 11.1 Å². The van der Waals surface area contributed by atoms with Crippen molar-refractivity contribution in [2.75, 3.05) is 5.32 Å². The molecule has 0 aliphatic rings. The van der Waals surface area contributed by atoms with Crippen LogP contribution in [0.2, 0.25) is 0 Å². The van der Waals surface area contributed by atoms with E-state index < -0.39 is 23.6 Å². The second kappa shape index (κ2) is 5.91. The SMILES string of the molecule is CCC(C)C(N)C(=O)Nc1cc(F)c(C)cc1F. The van der Waals surface area contributed by atoms with E-state index in [0.717, 1.165) is 18.6 Å². The number of amides is 1. The molecule has 0 aliphatic carbocycles. The number of rotatable bonds is 4. The zero-order chi connectivity index (χ0) is 13.9. The lowest BCUT2D eigenvalue weighted by molar-refractivity contribution is -0.118. The molecule has 0 spiro atoms. The molecular formula is C13H18F2N2O. The fourth-order valence-electron chi connectivity index (χ4n) is 1.47. The molecule has 0 heterocycles. The predicted molar refractivity (Wildman–Crippen MR) is 67.2 cm³/mol. The van der Waals surface area contributed by atoms with E-state index in [2.05, 4.69) is 5.32 Å². The molecule has 0 saturated heterocycles. The second-order valence-electron chi connectivity index (χ2n) is 4.48. The highest BCUT2D eigenvalue weighted by molar-refractivity contribution is 5.95. The van der Waals surface area contributed by atoms with Crippen LogP contribution in [0.5, 0.6) is 0 Å². The molecule has 0 saturated carbocycles. The summed E-state index contributed by atoms with van der Waals surface area (Å²) in [6, 6.07) is 1.27. The molecule has 5 heteroatoms. The van der Waals surface area contributed by atoms with Crippen LogP contribution in [0.4, 0.5) is 14.5 Å². The summed E-state index contributed by atoms with van der Waals surface area (Å²) < 4.78 is 26.8. The summed E-state index contributed by atoms with van der Waals surface area (Å²) in [6.45, 7) is 5.19. The van der Waals surface area contributed by atoms with E-state index in [1.165, 1.54) is 6.92 Å². The molecule has 3 N–H and O–H groups in total. The van der Waals surface area contributed by atoms with Gasteiger partial charge in [0.05, 0.1) is 11.7 Å². The highest BCUT2D eigenvalue weighted by atomic mass is 19.1. The summed E-state index contributed by atoms with van der Waals surface area (Å²) in [6.07, 6.45) is 0.735. The van der Waals surface area contributed by atoms with Gasteiger partial charge in [-0.2, -0.15) is 0 Å². The van der Waals surface area contributed by atoms with Crippen molar-refractivity contribution in [3.05, 3.63) is 29.3 Å². The van der Waals surface area contributed by atoms with Crippen molar-refractivity contribution < 1.29 is 13.6 Å². The minimum Gasteiger partial charge on any atom is -0.322 e. The maximum absolute atomic E-state index is 13.5. The van der Waals surface area contributed by atoms with Gasteiger partial charge in [0.25, 0.3) is 0 Å². The van der Waals surface area contributed by atoms with Crippen molar-refractivity contribution in [3.8, 4) is 0 Å². The van der Waals surface area contributed by atoms with Crippen LogP contribution in [0.25, 0.3) is 0 Å². The van der Waals surface area contributed by atoms with Gasteiger partial charge in [0.15, 0.2) is 0 Å². The monoisotopic (exact) mass is 256 g/mol. The van der Waals surface area contributed by atoms with Crippen molar-refractivity contribution in [2.45, 2.75) is 33.2 Å². The zero-order valence-electron chi connectivity index (χ0n) is 10.8. The lowest BCUT2D eigenvalue weighted by Gasteiger charge is -2.18.